The van der Waals surface area contributed by atoms with Gasteiger partial charge in [-0.1, -0.05) is 6.92 Å². The van der Waals surface area contributed by atoms with Crippen LogP contribution in [0.25, 0.3) is 0 Å². The molecule has 4 nitrogen and oxygen atoms in total. The molecule has 1 atom stereocenters. The Morgan fingerprint density at radius 1 is 1.47 bits per heavy atom. The number of amides is 1. The van der Waals surface area contributed by atoms with Crippen LogP contribution in [0.4, 0.5) is 0 Å². The third kappa shape index (κ3) is 7.33. The van der Waals surface area contributed by atoms with E-state index in [1.54, 1.807) is 7.11 Å². The predicted octanol–water partition coefficient (Wildman–Crippen LogP) is 0.916. The van der Waals surface area contributed by atoms with Crippen molar-refractivity contribution in [3.63, 3.8) is 0 Å². The van der Waals surface area contributed by atoms with Gasteiger partial charge in [0.25, 0.3) is 0 Å². The summed E-state index contributed by atoms with van der Waals surface area (Å²) in [6.45, 7) is 9.36. The third-order valence-electron chi connectivity index (χ3n) is 2.31. The molecular formula is C11H24N2O2. The van der Waals surface area contributed by atoms with Gasteiger partial charge >= 0.3 is 0 Å². The van der Waals surface area contributed by atoms with Crippen molar-refractivity contribution in [2.24, 2.45) is 0 Å². The van der Waals surface area contributed by atoms with Crippen LogP contribution in [0.1, 0.15) is 34.1 Å². The first-order valence-electron chi connectivity index (χ1n) is 5.46. The molecule has 0 radical (unpaired) electrons. The Labute approximate surface area is 92.8 Å². The standard InChI is InChI=1S/C11H24N2O2/c1-6-12-9(2)7-10(14)13-8-11(3,4)15-5/h9,12H,6-8H2,1-5H3,(H,13,14). The Hall–Kier alpha value is -0.610. The molecule has 1 unspecified atom stereocenters. The molecule has 0 aromatic rings. The Morgan fingerprint density at radius 2 is 2.07 bits per heavy atom. The fourth-order valence-corrected chi connectivity index (χ4v) is 1.15. The molecule has 4 heteroatoms. The van der Waals surface area contributed by atoms with Gasteiger partial charge in [-0.3, -0.25) is 4.79 Å². The maximum atomic E-state index is 11.5. The van der Waals surface area contributed by atoms with Crippen molar-refractivity contribution in [1.29, 1.82) is 0 Å². The van der Waals surface area contributed by atoms with Crippen LogP contribution in [-0.4, -0.2) is 37.7 Å². The Morgan fingerprint density at radius 3 is 2.53 bits per heavy atom. The van der Waals surface area contributed by atoms with E-state index in [1.165, 1.54) is 0 Å². The average Bonchev–Trinajstić information content (AvgIpc) is 2.15. The lowest BCUT2D eigenvalue weighted by molar-refractivity contribution is -0.122. The maximum absolute atomic E-state index is 11.5. The monoisotopic (exact) mass is 216 g/mol. The first-order valence-corrected chi connectivity index (χ1v) is 5.46. The van der Waals surface area contributed by atoms with Gasteiger partial charge in [0.15, 0.2) is 0 Å². The number of nitrogens with one attached hydrogen (secondary N) is 2. The molecule has 0 saturated carbocycles. The number of hydrogen-bond acceptors (Lipinski definition) is 3. The molecule has 0 fully saturated rings. The van der Waals surface area contributed by atoms with Crippen molar-refractivity contribution in [2.75, 3.05) is 20.2 Å². The van der Waals surface area contributed by atoms with E-state index in [4.69, 9.17) is 4.74 Å². The van der Waals surface area contributed by atoms with Gasteiger partial charge in [0.1, 0.15) is 0 Å². The van der Waals surface area contributed by atoms with Gasteiger partial charge in [0.05, 0.1) is 5.60 Å². The third-order valence-corrected chi connectivity index (χ3v) is 2.31. The summed E-state index contributed by atoms with van der Waals surface area (Å²) in [6, 6.07) is 0.223. The summed E-state index contributed by atoms with van der Waals surface area (Å²) in [5.41, 5.74) is -0.295. The smallest absolute Gasteiger partial charge is 0.221 e. The lowest BCUT2D eigenvalue weighted by Crippen LogP contribution is -2.41. The summed E-state index contributed by atoms with van der Waals surface area (Å²) in [5.74, 6) is 0.0635. The second kappa shape index (κ2) is 6.80. The topological polar surface area (TPSA) is 50.4 Å². The van der Waals surface area contributed by atoms with Gasteiger partial charge in [-0.2, -0.15) is 0 Å². The number of methoxy groups -OCH3 is 1. The van der Waals surface area contributed by atoms with Crippen LogP contribution in [0.3, 0.4) is 0 Å². The number of ether oxygens (including phenoxy) is 1. The first-order chi connectivity index (χ1) is 6.91. The molecule has 0 bridgehead atoms. The van der Waals surface area contributed by atoms with E-state index < -0.39 is 0 Å². The number of hydrogen-bond donors (Lipinski definition) is 2. The highest BCUT2D eigenvalue weighted by Crippen LogP contribution is 2.04. The highest BCUT2D eigenvalue weighted by atomic mass is 16.5. The molecule has 0 aliphatic heterocycles. The zero-order valence-corrected chi connectivity index (χ0v) is 10.5. The van der Waals surface area contributed by atoms with Crippen molar-refractivity contribution >= 4 is 5.91 Å². The summed E-state index contributed by atoms with van der Waals surface area (Å²) < 4.78 is 5.21. The molecule has 15 heavy (non-hydrogen) atoms. The Balaban J connectivity index is 3.75. The lowest BCUT2D eigenvalue weighted by atomic mass is 10.1. The summed E-state index contributed by atoms with van der Waals surface area (Å²) in [7, 11) is 1.65. The number of carbonyl (C=O) groups is 1. The normalized spacial score (nSPS) is 13.7. The van der Waals surface area contributed by atoms with E-state index in [-0.39, 0.29) is 17.6 Å². The van der Waals surface area contributed by atoms with Gasteiger partial charge in [-0.05, 0) is 27.3 Å². The van der Waals surface area contributed by atoms with E-state index in [2.05, 4.69) is 10.6 Å². The SMILES string of the molecule is CCNC(C)CC(=O)NCC(C)(C)OC. The van der Waals surface area contributed by atoms with Gasteiger partial charge in [0, 0.05) is 26.1 Å². The molecule has 2 N–H and O–H groups in total. The Kier molecular flexibility index (Phi) is 6.52. The molecule has 0 aliphatic rings. The molecular weight excluding hydrogens is 192 g/mol. The van der Waals surface area contributed by atoms with E-state index >= 15 is 0 Å². The van der Waals surface area contributed by atoms with Crippen LogP contribution in [0.15, 0.2) is 0 Å². The van der Waals surface area contributed by atoms with Crippen molar-refractivity contribution < 1.29 is 9.53 Å². The van der Waals surface area contributed by atoms with Crippen molar-refractivity contribution in [1.82, 2.24) is 10.6 Å². The highest BCUT2D eigenvalue weighted by Gasteiger charge is 2.17. The second-order valence-corrected chi connectivity index (χ2v) is 4.40. The van der Waals surface area contributed by atoms with E-state index in [9.17, 15) is 4.79 Å². The number of rotatable bonds is 7. The minimum atomic E-state index is -0.295. The van der Waals surface area contributed by atoms with Crippen molar-refractivity contribution in [3.05, 3.63) is 0 Å². The fraction of sp³-hybridized carbons (Fsp3) is 0.909. The summed E-state index contributed by atoms with van der Waals surface area (Å²) in [5, 5.41) is 6.05. The minimum Gasteiger partial charge on any atom is -0.377 e. The molecule has 0 heterocycles. The minimum absolute atomic E-state index is 0.0635. The van der Waals surface area contributed by atoms with Gasteiger partial charge < -0.3 is 15.4 Å². The molecule has 0 aromatic carbocycles. The highest BCUT2D eigenvalue weighted by molar-refractivity contribution is 5.76. The van der Waals surface area contributed by atoms with Gasteiger partial charge in [-0.15, -0.1) is 0 Å². The van der Waals surface area contributed by atoms with E-state index in [0.717, 1.165) is 6.54 Å². The average molecular weight is 216 g/mol. The second-order valence-electron chi connectivity index (χ2n) is 4.40. The van der Waals surface area contributed by atoms with Gasteiger partial charge in [-0.25, -0.2) is 0 Å². The van der Waals surface area contributed by atoms with Crippen LogP contribution in [0.5, 0.6) is 0 Å². The molecule has 0 rings (SSSR count). The molecule has 0 aliphatic carbocycles. The van der Waals surface area contributed by atoms with Crippen LogP contribution in [0.2, 0.25) is 0 Å². The maximum Gasteiger partial charge on any atom is 0.221 e. The van der Waals surface area contributed by atoms with Gasteiger partial charge in [0.2, 0.25) is 5.91 Å². The zero-order valence-electron chi connectivity index (χ0n) is 10.5. The lowest BCUT2D eigenvalue weighted by Gasteiger charge is -2.23. The van der Waals surface area contributed by atoms with Crippen LogP contribution >= 0.6 is 0 Å². The quantitative estimate of drug-likeness (QED) is 0.665. The molecule has 0 spiro atoms. The summed E-state index contributed by atoms with van der Waals surface area (Å²) >= 11 is 0. The van der Waals surface area contributed by atoms with Crippen molar-refractivity contribution in [3.8, 4) is 0 Å². The van der Waals surface area contributed by atoms with Crippen LogP contribution < -0.4 is 10.6 Å². The van der Waals surface area contributed by atoms with Crippen molar-refractivity contribution in [2.45, 2.75) is 45.8 Å². The summed E-state index contributed by atoms with van der Waals surface area (Å²) in [6.07, 6.45) is 0.508. The van der Waals surface area contributed by atoms with E-state index in [0.29, 0.717) is 13.0 Å². The first kappa shape index (κ1) is 14.4. The molecule has 90 valence electrons. The van der Waals surface area contributed by atoms with Crippen LogP contribution in [-0.2, 0) is 9.53 Å². The van der Waals surface area contributed by atoms with Crippen LogP contribution in [0, 0.1) is 0 Å². The fourth-order valence-electron chi connectivity index (χ4n) is 1.15. The Bertz CT molecular complexity index is 193. The zero-order chi connectivity index (χ0) is 11.9. The predicted molar refractivity (Wildman–Crippen MR) is 61.9 cm³/mol. The summed E-state index contributed by atoms with van der Waals surface area (Å²) in [4.78, 5) is 11.5. The molecule has 0 saturated heterocycles. The number of carbonyl (C=O) groups excluding carboxylic acids is 1. The molecule has 1 amide bonds. The van der Waals surface area contributed by atoms with E-state index in [1.807, 2.05) is 27.7 Å². The molecule has 0 aromatic heterocycles. The largest absolute Gasteiger partial charge is 0.377 e.